The maximum Gasteiger partial charge on any atom is 0.303 e. The Kier molecular flexibility index (Phi) is 4.19. The van der Waals surface area contributed by atoms with E-state index in [1.54, 1.807) is 11.3 Å². The zero-order valence-electron chi connectivity index (χ0n) is 11.1. The van der Waals surface area contributed by atoms with Crippen molar-refractivity contribution in [2.24, 2.45) is 0 Å². The lowest BCUT2D eigenvalue weighted by molar-refractivity contribution is -0.142. The molecular formula is C12H19N3O2S. The third-order valence-electron chi connectivity index (χ3n) is 3.07. The van der Waals surface area contributed by atoms with Crippen molar-refractivity contribution in [2.45, 2.75) is 20.5 Å². The number of anilines is 1. The van der Waals surface area contributed by atoms with Crippen molar-refractivity contribution >= 4 is 22.4 Å². The van der Waals surface area contributed by atoms with E-state index >= 15 is 0 Å². The van der Waals surface area contributed by atoms with Gasteiger partial charge in [-0.3, -0.25) is 4.79 Å². The minimum absolute atomic E-state index is 0.261. The van der Waals surface area contributed by atoms with Gasteiger partial charge in [0.1, 0.15) is 6.61 Å². The van der Waals surface area contributed by atoms with Gasteiger partial charge < -0.3 is 14.5 Å². The Morgan fingerprint density at radius 2 is 2.06 bits per heavy atom. The Bertz CT molecular complexity index is 425. The lowest BCUT2D eigenvalue weighted by atomic mass is 10.3. The third kappa shape index (κ3) is 3.20. The van der Waals surface area contributed by atoms with Gasteiger partial charge in [-0.15, -0.1) is 11.3 Å². The SMILES string of the molecule is CC(=O)OCc1nc(N2CCN(C)CC2)sc1C. The van der Waals surface area contributed by atoms with Gasteiger partial charge in [0, 0.05) is 38.0 Å². The van der Waals surface area contributed by atoms with Crippen molar-refractivity contribution in [1.29, 1.82) is 0 Å². The van der Waals surface area contributed by atoms with Crippen LogP contribution in [0.3, 0.4) is 0 Å². The standard InChI is InChI=1S/C12H19N3O2S/c1-9-11(8-17-10(2)16)13-12(18-9)15-6-4-14(3)5-7-15/h4-8H2,1-3H3. The number of hydrogen-bond donors (Lipinski definition) is 0. The van der Waals surface area contributed by atoms with Gasteiger partial charge >= 0.3 is 5.97 Å². The first-order valence-electron chi connectivity index (χ1n) is 6.09. The number of aromatic nitrogens is 1. The van der Waals surface area contributed by atoms with Gasteiger partial charge in [0.05, 0.1) is 5.69 Å². The molecule has 2 rings (SSSR count). The Morgan fingerprint density at radius 1 is 1.39 bits per heavy atom. The molecule has 0 bridgehead atoms. The second-order valence-electron chi connectivity index (χ2n) is 4.57. The van der Waals surface area contributed by atoms with Crippen LogP contribution in [-0.4, -0.2) is 49.1 Å². The fraction of sp³-hybridized carbons (Fsp3) is 0.667. The Morgan fingerprint density at radius 3 is 2.67 bits per heavy atom. The summed E-state index contributed by atoms with van der Waals surface area (Å²) in [6.45, 7) is 7.88. The molecule has 0 N–H and O–H groups in total. The van der Waals surface area contributed by atoms with Crippen molar-refractivity contribution in [1.82, 2.24) is 9.88 Å². The molecule has 1 aliphatic rings. The normalized spacial score (nSPS) is 16.9. The molecule has 0 amide bonds. The van der Waals surface area contributed by atoms with Crippen LogP contribution < -0.4 is 4.90 Å². The van der Waals surface area contributed by atoms with Crippen molar-refractivity contribution < 1.29 is 9.53 Å². The topological polar surface area (TPSA) is 45.7 Å². The van der Waals surface area contributed by atoms with Crippen LogP contribution in [0, 0.1) is 6.92 Å². The van der Waals surface area contributed by atoms with Gasteiger partial charge in [-0.1, -0.05) is 0 Å². The summed E-state index contributed by atoms with van der Waals surface area (Å²) in [4.78, 5) is 21.1. The average molecular weight is 269 g/mol. The van der Waals surface area contributed by atoms with Crippen LogP contribution in [-0.2, 0) is 16.1 Å². The smallest absolute Gasteiger partial charge is 0.303 e. The van der Waals surface area contributed by atoms with Crippen LogP contribution in [0.15, 0.2) is 0 Å². The molecule has 0 aliphatic carbocycles. The van der Waals surface area contributed by atoms with Crippen LogP contribution in [0.5, 0.6) is 0 Å². The van der Waals surface area contributed by atoms with Gasteiger partial charge in [-0.25, -0.2) is 4.98 Å². The van der Waals surface area contributed by atoms with E-state index in [1.807, 2.05) is 6.92 Å². The number of nitrogens with zero attached hydrogens (tertiary/aromatic N) is 3. The van der Waals surface area contributed by atoms with Crippen molar-refractivity contribution in [2.75, 3.05) is 38.1 Å². The first-order chi connectivity index (χ1) is 8.56. The summed E-state index contributed by atoms with van der Waals surface area (Å²) in [5.41, 5.74) is 0.879. The molecule has 1 fully saturated rings. The number of aryl methyl sites for hydroxylation is 1. The third-order valence-corrected chi connectivity index (χ3v) is 4.14. The molecule has 1 aromatic rings. The van der Waals surface area contributed by atoms with Gasteiger partial charge in [0.15, 0.2) is 5.13 Å². The van der Waals surface area contributed by atoms with E-state index in [4.69, 9.17) is 4.74 Å². The summed E-state index contributed by atoms with van der Waals surface area (Å²) in [7, 11) is 2.14. The second-order valence-corrected chi connectivity index (χ2v) is 5.75. The molecule has 0 spiro atoms. The van der Waals surface area contributed by atoms with Crippen LogP contribution >= 0.6 is 11.3 Å². The van der Waals surface area contributed by atoms with E-state index in [2.05, 4.69) is 21.8 Å². The maximum atomic E-state index is 10.8. The van der Waals surface area contributed by atoms with E-state index in [0.29, 0.717) is 0 Å². The summed E-state index contributed by atoms with van der Waals surface area (Å²) in [6.07, 6.45) is 0. The largest absolute Gasteiger partial charge is 0.459 e. The van der Waals surface area contributed by atoms with Crippen molar-refractivity contribution in [3.63, 3.8) is 0 Å². The molecule has 100 valence electrons. The number of hydrogen-bond acceptors (Lipinski definition) is 6. The van der Waals surface area contributed by atoms with Crippen molar-refractivity contribution in [3.8, 4) is 0 Å². The van der Waals surface area contributed by atoms with E-state index in [1.165, 1.54) is 6.92 Å². The van der Waals surface area contributed by atoms with E-state index < -0.39 is 0 Å². The molecule has 0 radical (unpaired) electrons. The highest BCUT2D eigenvalue weighted by Gasteiger charge is 2.18. The van der Waals surface area contributed by atoms with Crippen LogP contribution in [0.25, 0.3) is 0 Å². The van der Waals surface area contributed by atoms with E-state index in [-0.39, 0.29) is 12.6 Å². The van der Waals surface area contributed by atoms with Gasteiger partial charge in [0.2, 0.25) is 0 Å². The first kappa shape index (κ1) is 13.3. The highest BCUT2D eigenvalue weighted by atomic mass is 32.1. The molecule has 18 heavy (non-hydrogen) atoms. The maximum absolute atomic E-state index is 10.8. The van der Waals surface area contributed by atoms with Crippen LogP contribution in [0.2, 0.25) is 0 Å². The molecule has 2 heterocycles. The van der Waals surface area contributed by atoms with Gasteiger partial charge in [0.25, 0.3) is 0 Å². The summed E-state index contributed by atoms with van der Waals surface area (Å²) >= 11 is 1.68. The zero-order valence-corrected chi connectivity index (χ0v) is 11.9. The predicted molar refractivity (Wildman–Crippen MR) is 72.0 cm³/mol. The monoisotopic (exact) mass is 269 g/mol. The Labute approximate surface area is 111 Å². The first-order valence-corrected chi connectivity index (χ1v) is 6.91. The summed E-state index contributed by atoms with van der Waals surface area (Å²) < 4.78 is 5.00. The second kappa shape index (κ2) is 5.67. The molecule has 1 saturated heterocycles. The molecule has 0 aromatic carbocycles. The quantitative estimate of drug-likeness (QED) is 0.773. The molecule has 1 aliphatic heterocycles. The number of rotatable bonds is 3. The lowest BCUT2D eigenvalue weighted by Gasteiger charge is -2.32. The Hall–Kier alpha value is -1.14. The molecule has 1 aromatic heterocycles. The zero-order chi connectivity index (χ0) is 13.1. The van der Waals surface area contributed by atoms with Crippen LogP contribution in [0.1, 0.15) is 17.5 Å². The number of piperazine rings is 1. The molecule has 0 saturated carbocycles. The number of ether oxygens (including phenoxy) is 1. The molecular weight excluding hydrogens is 250 g/mol. The highest BCUT2D eigenvalue weighted by molar-refractivity contribution is 7.15. The number of esters is 1. The molecule has 0 atom stereocenters. The summed E-state index contributed by atoms with van der Waals surface area (Å²) in [6, 6.07) is 0. The number of thiazole rings is 1. The van der Waals surface area contributed by atoms with E-state index in [0.717, 1.165) is 41.9 Å². The average Bonchev–Trinajstić information content (AvgIpc) is 2.69. The molecule has 5 nitrogen and oxygen atoms in total. The number of carbonyl (C=O) groups excluding carboxylic acids is 1. The fourth-order valence-electron chi connectivity index (χ4n) is 1.85. The summed E-state index contributed by atoms with van der Waals surface area (Å²) in [5.74, 6) is -0.261. The lowest BCUT2D eigenvalue weighted by Crippen LogP contribution is -2.44. The van der Waals surface area contributed by atoms with Crippen LogP contribution in [0.4, 0.5) is 5.13 Å². The van der Waals surface area contributed by atoms with Crippen molar-refractivity contribution in [3.05, 3.63) is 10.6 Å². The summed E-state index contributed by atoms with van der Waals surface area (Å²) in [5, 5.41) is 1.04. The molecule has 6 heteroatoms. The van der Waals surface area contributed by atoms with E-state index in [9.17, 15) is 4.79 Å². The number of carbonyl (C=O) groups is 1. The van der Waals surface area contributed by atoms with Gasteiger partial charge in [-0.05, 0) is 14.0 Å². The predicted octanol–water partition coefficient (Wildman–Crippen LogP) is 1.27. The highest BCUT2D eigenvalue weighted by Crippen LogP contribution is 2.26. The number of likely N-dealkylation sites (N-methyl/N-ethyl adjacent to an activating group) is 1. The van der Waals surface area contributed by atoms with Gasteiger partial charge in [-0.2, -0.15) is 0 Å². The molecule has 0 unspecified atom stereocenters. The Balaban J connectivity index is 2.01. The fourth-order valence-corrected chi connectivity index (χ4v) is 2.81. The minimum Gasteiger partial charge on any atom is -0.459 e. The minimum atomic E-state index is -0.261.